The van der Waals surface area contributed by atoms with Gasteiger partial charge in [0.25, 0.3) is 0 Å². The van der Waals surface area contributed by atoms with Crippen LogP contribution in [0.2, 0.25) is 0 Å². The summed E-state index contributed by atoms with van der Waals surface area (Å²) in [4.78, 5) is 10.1. The molecule has 1 saturated heterocycles. The van der Waals surface area contributed by atoms with Crippen LogP contribution in [0.25, 0.3) is 0 Å². The summed E-state index contributed by atoms with van der Waals surface area (Å²) in [6, 6.07) is 0. The standard InChI is InChI=1S/C12H22N6O2S/c1-10(2)9-17-3-5-18(6-4-17)21(19,20)11-7-14-12(16-13)15-8-11/h7-8,10H,3-6,9,13H2,1-2H3,(H,14,15,16). The Kier molecular flexibility index (Phi) is 5.09. The first kappa shape index (κ1) is 16.1. The third-order valence-electron chi connectivity index (χ3n) is 3.35. The van der Waals surface area contributed by atoms with E-state index < -0.39 is 10.0 Å². The minimum Gasteiger partial charge on any atom is -0.300 e. The number of piperazine rings is 1. The molecule has 1 aromatic heterocycles. The Hall–Kier alpha value is -1.29. The molecule has 0 aromatic carbocycles. The average molecular weight is 314 g/mol. The molecule has 2 rings (SSSR count). The maximum atomic E-state index is 12.5. The largest absolute Gasteiger partial charge is 0.300 e. The van der Waals surface area contributed by atoms with Crippen molar-refractivity contribution in [1.29, 1.82) is 0 Å². The Bertz CT molecular complexity index is 552. The van der Waals surface area contributed by atoms with Gasteiger partial charge in [0.05, 0.1) is 12.4 Å². The van der Waals surface area contributed by atoms with Crippen molar-refractivity contribution in [3.05, 3.63) is 12.4 Å². The predicted molar refractivity (Wildman–Crippen MR) is 79.9 cm³/mol. The highest BCUT2D eigenvalue weighted by molar-refractivity contribution is 7.89. The molecule has 0 unspecified atom stereocenters. The molecule has 1 fully saturated rings. The van der Waals surface area contributed by atoms with Gasteiger partial charge in [-0.2, -0.15) is 4.31 Å². The first-order valence-electron chi connectivity index (χ1n) is 6.94. The highest BCUT2D eigenvalue weighted by Gasteiger charge is 2.29. The van der Waals surface area contributed by atoms with E-state index in [2.05, 4.69) is 34.1 Å². The number of hydrogen-bond donors (Lipinski definition) is 2. The maximum absolute atomic E-state index is 12.5. The Morgan fingerprint density at radius 2 is 1.81 bits per heavy atom. The molecule has 1 aromatic rings. The van der Waals surface area contributed by atoms with Gasteiger partial charge in [0.1, 0.15) is 4.90 Å². The third-order valence-corrected chi connectivity index (χ3v) is 5.20. The van der Waals surface area contributed by atoms with Crippen molar-refractivity contribution >= 4 is 16.0 Å². The van der Waals surface area contributed by atoms with Crippen molar-refractivity contribution < 1.29 is 8.42 Å². The third kappa shape index (κ3) is 3.88. The fourth-order valence-electron chi connectivity index (χ4n) is 2.34. The molecule has 0 bridgehead atoms. The average Bonchev–Trinajstić information content (AvgIpc) is 2.47. The molecular formula is C12H22N6O2S. The number of rotatable bonds is 5. The zero-order valence-electron chi connectivity index (χ0n) is 12.4. The molecule has 118 valence electrons. The van der Waals surface area contributed by atoms with Crippen molar-refractivity contribution in [3.8, 4) is 0 Å². The van der Waals surface area contributed by atoms with E-state index in [-0.39, 0.29) is 10.8 Å². The van der Waals surface area contributed by atoms with Crippen LogP contribution in [0.3, 0.4) is 0 Å². The van der Waals surface area contributed by atoms with Gasteiger partial charge in [-0.25, -0.2) is 24.2 Å². The van der Waals surface area contributed by atoms with Gasteiger partial charge < -0.3 is 4.90 Å². The number of anilines is 1. The van der Waals surface area contributed by atoms with Crippen LogP contribution >= 0.6 is 0 Å². The zero-order chi connectivity index (χ0) is 15.5. The Morgan fingerprint density at radius 1 is 1.24 bits per heavy atom. The number of nitrogen functional groups attached to an aromatic ring is 1. The summed E-state index contributed by atoms with van der Waals surface area (Å²) in [5.41, 5.74) is 2.27. The summed E-state index contributed by atoms with van der Waals surface area (Å²) in [6.07, 6.45) is 2.55. The van der Waals surface area contributed by atoms with Crippen molar-refractivity contribution in [2.24, 2.45) is 11.8 Å². The molecule has 21 heavy (non-hydrogen) atoms. The molecule has 1 aliphatic heterocycles. The van der Waals surface area contributed by atoms with E-state index in [9.17, 15) is 8.42 Å². The predicted octanol–water partition coefficient (Wildman–Crippen LogP) is -0.275. The SMILES string of the molecule is CC(C)CN1CCN(S(=O)(=O)c2cnc(NN)nc2)CC1. The van der Waals surface area contributed by atoms with E-state index in [0.717, 1.165) is 19.6 Å². The number of nitrogens with zero attached hydrogens (tertiary/aromatic N) is 4. The lowest BCUT2D eigenvalue weighted by atomic mass is 10.2. The van der Waals surface area contributed by atoms with Gasteiger partial charge >= 0.3 is 0 Å². The number of nitrogens with two attached hydrogens (primary N) is 1. The summed E-state index contributed by atoms with van der Waals surface area (Å²) in [5.74, 6) is 5.94. The van der Waals surface area contributed by atoms with Crippen LogP contribution in [-0.2, 0) is 10.0 Å². The van der Waals surface area contributed by atoms with Gasteiger partial charge in [-0.3, -0.25) is 5.43 Å². The first-order valence-corrected chi connectivity index (χ1v) is 8.38. The summed E-state index contributed by atoms with van der Waals surface area (Å²) in [5, 5.41) is 0. The normalized spacial score (nSPS) is 18.1. The van der Waals surface area contributed by atoms with Gasteiger partial charge in [0.2, 0.25) is 16.0 Å². The van der Waals surface area contributed by atoms with E-state index >= 15 is 0 Å². The number of hydrogen-bond acceptors (Lipinski definition) is 7. The van der Waals surface area contributed by atoms with Crippen molar-refractivity contribution in [2.75, 3.05) is 38.1 Å². The first-order chi connectivity index (χ1) is 9.93. The van der Waals surface area contributed by atoms with E-state index in [0.29, 0.717) is 19.0 Å². The zero-order valence-corrected chi connectivity index (χ0v) is 13.2. The van der Waals surface area contributed by atoms with Gasteiger partial charge in [-0.1, -0.05) is 13.8 Å². The van der Waals surface area contributed by atoms with Crippen LogP contribution in [0.5, 0.6) is 0 Å². The highest BCUT2D eigenvalue weighted by atomic mass is 32.2. The molecule has 9 heteroatoms. The van der Waals surface area contributed by atoms with Crippen LogP contribution < -0.4 is 11.3 Å². The highest BCUT2D eigenvalue weighted by Crippen LogP contribution is 2.17. The molecule has 0 saturated carbocycles. The quantitative estimate of drug-likeness (QED) is 0.569. The number of hydrazine groups is 1. The Labute approximate surface area is 125 Å². The fourth-order valence-corrected chi connectivity index (χ4v) is 3.66. The fraction of sp³-hybridized carbons (Fsp3) is 0.667. The van der Waals surface area contributed by atoms with Gasteiger partial charge in [0.15, 0.2) is 0 Å². The molecule has 0 aliphatic carbocycles. The van der Waals surface area contributed by atoms with Gasteiger partial charge in [0, 0.05) is 32.7 Å². The summed E-state index contributed by atoms with van der Waals surface area (Å²) in [7, 11) is -3.53. The molecule has 0 atom stereocenters. The summed E-state index contributed by atoms with van der Waals surface area (Å²) < 4.78 is 26.5. The van der Waals surface area contributed by atoms with E-state index in [1.54, 1.807) is 0 Å². The summed E-state index contributed by atoms with van der Waals surface area (Å²) >= 11 is 0. The lowest BCUT2D eigenvalue weighted by molar-refractivity contribution is 0.172. The summed E-state index contributed by atoms with van der Waals surface area (Å²) in [6.45, 7) is 7.80. The number of aromatic nitrogens is 2. The molecule has 3 N–H and O–H groups in total. The van der Waals surface area contributed by atoms with Crippen LogP contribution in [0.15, 0.2) is 17.3 Å². The Balaban J connectivity index is 2.03. The molecule has 2 heterocycles. The number of nitrogens with one attached hydrogen (secondary N) is 1. The molecule has 0 spiro atoms. The van der Waals surface area contributed by atoms with Crippen molar-refractivity contribution in [1.82, 2.24) is 19.2 Å². The molecular weight excluding hydrogens is 292 g/mol. The van der Waals surface area contributed by atoms with Crippen LogP contribution in [0.1, 0.15) is 13.8 Å². The monoisotopic (exact) mass is 314 g/mol. The molecule has 8 nitrogen and oxygen atoms in total. The lowest BCUT2D eigenvalue weighted by Gasteiger charge is -2.34. The van der Waals surface area contributed by atoms with Gasteiger partial charge in [-0.15, -0.1) is 0 Å². The van der Waals surface area contributed by atoms with Crippen molar-refractivity contribution in [2.45, 2.75) is 18.7 Å². The van der Waals surface area contributed by atoms with Crippen LogP contribution in [0.4, 0.5) is 5.95 Å². The van der Waals surface area contributed by atoms with Gasteiger partial charge in [-0.05, 0) is 5.92 Å². The van der Waals surface area contributed by atoms with Crippen LogP contribution in [-0.4, -0.2) is 60.3 Å². The maximum Gasteiger partial charge on any atom is 0.246 e. The lowest BCUT2D eigenvalue weighted by Crippen LogP contribution is -2.49. The second-order valence-electron chi connectivity index (χ2n) is 5.49. The Morgan fingerprint density at radius 3 is 2.29 bits per heavy atom. The smallest absolute Gasteiger partial charge is 0.246 e. The van der Waals surface area contributed by atoms with E-state index in [1.807, 2.05) is 0 Å². The van der Waals surface area contributed by atoms with E-state index in [4.69, 9.17) is 5.84 Å². The molecule has 0 radical (unpaired) electrons. The topological polar surface area (TPSA) is 104 Å². The molecule has 0 amide bonds. The second kappa shape index (κ2) is 6.65. The minimum atomic E-state index is -3.53. The number of sulfonamides is 1. The molecule has 1 aliphatic rings. The van der Waals surface area contributed by atoms with Crippen LogP contribution in [0, 0.1) is 5.92 Å². The van der Waals surface area contributed by atoms with Crippen molar-refractivity contribution in [3.63, 3.8) is 0 Å². The second-order valence-corrected chi connectivity index (χ2v) is 7.42. The minimum absolute atomic E-state index is 0.0961. The van der Waals surface area contributed by atoms with E-state index in [1.165, 1.54) is 16.7 Å².